The molecule has 1 aliphatic rings. The average molecular weight is 504 g/mol. The lowest BCUT2D eigenvalue weighted by Gasteiger charge is -2.23. The number of halogens is 3. The molecule has 1 saturated heterocycles. The van der Waals surface area contributed by atoms with E-state index in [1.54, 1.807) is 29.3 Å². The summed E-state index contributed by atoms with van der Waals surface area (Å²) in [5.41, 5.74) is 8.60. The first-order chi connectivity index (χ1) is 16.4. The summed E-state index contributed by atoms with van der Waals surface area (Å²) < 4.78 is 19.5. The molecule has 1 aliphatic heterocycles. The second-order valence-corrected chi connectivity index (χ2v) is 8.87. The zero-order chi connectivity index (χ0) is 24.2. The second kappa shape index (κ2) is 10.6. The number of hydrogen-bond donors (Lipinski definition) is 2. The van der Waals surface area contributed by atoms with Crippen molar-refractivity contribution in [2.75, 3.05) is 25.5 Å². The number of aliphatic hydroxyl groups is 1. The Morgan fingerprint density at radius 1 is 1.21 bits per heavy atom. The maximum absolute atomic E-state index is 13.7. The number of nitrogen functional groups attached to an aromatic ring is 1. The number of anilines is 1. The lowest BCUT2D eigenvalue weighted by Crippen LogP contribution is -2.37. The molecule has 4 rings (SSSR count). The molecule has 34 heavy (non-hydrogen) atoms. The van der Waals surface area contributed by atoms with E-state index < -0.39 is 5.82 Å². The van der Waals surface area contributed by atoms with Crippen LogP contribution in [0.3, 0.4) is 0 Å². The summed E-state index contributed by atoms with van der Waals surface area (Å²) in [5, 5.41) is 9.83. The van der Waals surface area contributed by atoms with Gasteiger partial charge in [0, 0.05) is 35.3 Å². The Morgan fingerprint density at radius 3 is 2.71 bits per heavy atom. The van der Waals surface area contributed by atoms with Gasteiger partial charge in [0.25, 0.3) is 5.91 Å². The molecule has 1 fully saturated rings. The zero-order valence-electron chi connectivity index (χ0n) is 18.3. The van der Waals surface area contributed by atoms with Crippen molar-refractivity contribution in [1.82, 2.24) is 9.88 Å². The fraction of sp³-hybridized carbons (Fsp3) is 0.280. The number of carbonyl (C=O) groups excluding carboxylic acids is 1. The summed E-state index contributed by atoms with van der Waals surface area (Å²) in [6.45, 7) is 0.801. The van der Waals surface area contributed by atoms with E-state index in [-0.39, 0.29) is 36.0 Å². The minimum atomic E-state index is -0.539. The van der Waals surface area contributed by atoms with Gasteiger partial charge in [-0.25, -0.2) is 9.37 Å². The van der Waals surface area contributed by atoms with Crippen LogP contribution >= 0.6 is 23.2 Å². The summed E-state index contributed by atoms with van der Waals surface area (Å²) in [5.74, 6) is -0.0276. The summed E-state index contributed by atoms with van der Waals surface area (Å²) in [6, 6.07) is 11.5. The number of ether oxygens (including phenoxy) is 1. The molecule has 9 heteroatoms. The first-order valence-corrected chi connectivity index (χ1v) is 11.7. The van der Waals surface area contributed by atoms with Gasteiger partial charge in [-0.3, -0.25) is 4.79 Å². The van der Waals surface area contributed by atoms with Crippen molar-refractivity contribution >= 4 is 34.9 Å². The maximum Gasteiger partial charge on any atom is 0.254 e. The van der Waals surface area contributed by atoms with Crippen molar-refractivity contribution < 1.29 is 19.0 Å². The van der Waals surface area contributed by atoms with Crippen LogP contribution in [0.15, 0.2) is 48.7 Å². The highest BCUT2D eigenvalue weighted by Gasteiger charge is 2.28. The van der Waals surface area contributed by atoms with E-state index in [2.05, 4.69) is 4.98 Å². The van der Waals surface area contributed by atoms with E-state index in [1.165, 1.54) is 12.1 Å². The van der Waals surface area contributed by atoms with Crippen molar-refractivity contribution in [3.05, 3.63) is 75.7 Å². The van der Waals surface area contributed by atoms with Crippen LogP contribution in [0.2, 0.25) is 10.0 Å². The summed E-state index contributed by atoms with van der Waals surface area (Å²) in [4.78, 5) is 18.7. The van der Waals surface area contributed by atoms with Gasteiger partial charge in [-0.1, -0.05) is 35.3 Å². The van der Waals surface area contributed by atoms with E-state index in [4.69, 9.17) is 33.7 Å². The lowest BCUT2D eigenvalue weighted by atomic mass is 10.0. The second-order valence-electron chi connectivity index (χ2n) is 8.08. The number of aromatic nitrogens is 1. The number of rotatable bonds is 7. The normalized spacial score (nSPS) is 15.5. The molecule has 0 aliphatic carbocycles. The maximum atomic E-state index is 13.7. The highest BCUT2D eigenvalue weighted by molar-refractivity contribution is 6.36. The quantitative estimate of drug-likeness (QED) is 0.443. The average Bonchev–Trinajstić information content (AvgIpc) is 3.33. The lowest BCUT2D eigenvalue weighted by molar-refractivity contribution is 0.0677. The molecule has 0 radical (unpaired) electrons. The van der Waals surface area contributed by atoms with Gasteiger partial charge in [0.1, 0.15) is 5.82 Å². The van der Waals surface area contributed by atoms with Gasteiger partial charge in [-0.15, -0.1) is 0 Å². The molecular weight excluding hydrogens is 480 g/mol. The van der Waals surface area contributed by atoms with E-state index in [0.29, 0.717) is 34.9 Å². The van der Waals surface area contributed by atoms with Crippen LogP contribution in [-0.2, 0) is 6.42 Å². The molecule has 1 unspecified atom stereocenters. The zero-order valence-corrected chi connectivity index (χ0v) is 19.8. The van der Waals surface area contributed by atoms with Gasteiger partial charge < -0.3 is 20.5 Å². The Hall–Kier alpha value is -2.87. The standard InChI is InChI=1S/C25H24Cl2FN3O3/c26-20-7-8-21(28)23(27)19(20)9-11-34-22-12-17(13-30-24(22)29)15-3-5-16(6-4-15)25(33)31-10-1-2-18(31)14-32/h3-8,12-13,18,32H,1-2,9-11,14H2,(H2,29,30). The number of nitrogens with zero attached hydrogens (tertiary/aromatic N) is 2. The number of benzene rings is 2. The molecule has 3 N–H and O–H groups in total. The van der Waals surface area contributed by atoms with Crippen LogP contribution in [0.1, 0.15) is 28.8 Å². The molecule has 2 aromatic carbocycles. The van der Waals surface area contributed by atoms with Crippen molar-refractivity contribution in [3.63, 3.8) is 0 Å². The van der Waals surface area contributed by atoms with Crippen LogP contribution in [0, 0.1) is 5.82 Å². The van der Waals surface area contributed by atoms with E-state index >= 15 is 0 Å². The van der Waals surface area contributed by atoms with Gasteiger partial charge in [-0.2, -0.15) is 0 Å². The smallest absolute Gasteiger partial charge is 0.254 e. The molecule has 178 valence electrons. The third-order valence-electron chi connectivity index (χ3n) is 5.94. The summed E-state index contributed by atoms with van der Waals surface area (Å²) in [6.07, 6.45) is 3.63. The minimum Gasteiger partial charge on any atom is -0.489 e. The van der Waals surface area contributed by atoms with Gasteiger partial charge in [0.15, 0.2) is 11.6 Å². The molecular formula is C25H24Cl2FN3O3. The van der Waals surface area contributed by atoms with Crippen LogP contribution < -0.4 is 10.5 Å². The van der Waals surface area contributed by atoms with Gasteiger partial charge in [0.05, 0.1) is 24.3 Å². The number of aliphatic hydroxyl groups excluding tert-OH is 1. The first kappa shape index (κ1) is 24.3. The van der Waals surface area contributed by atoms with E-state index in [0.717, 1.165) is 24.0 Å². The van der Waals surface area contributed by atoms with Crippen LogP contribution in [0.4, 0.5) is 10.2 Å². The number of likely N-dealkylation sites (tertiary alicyclic amines) is 1. The fourth-order valence-corrected chi connectivity index (χ4v) is 4.61. The molecule has 3 aromatic rings. The molecule has 2 heterocycles. The fourth-order valence-electron chi connectivity index (χ4n) is 4.05. The molecule has 0 spiro atoms. The monoisotopic (exact) mass is 503 g/mol. The topological polar surface area (TPSA) is 88.7 Å². The highest BCUT2D eigenvalue weighted by Crippen LogP contribution is 2.30. The molecule has 0 bridgehead atoms. The van der Waals surface area contributed by atoms with Crippen molar-refractivity contribution in [3.8, 4) is 16.9 Å². The van der Waals surface area contributed by atoms with Crippen molar-refractivity contribution in [1.29, 1.82) is 0 Å². The van der Waals surface area contributed by atoms with E-state index in [1.807, 2.05) is 12.1 Å². The SMILES string of the molecule is Nc1ncc(-c2ccc(C(=O)N3CCCC3CO)cc2)cc1OCCc1c(Cl)ccc(F)c1Cl. The number of amides is 1. The predicted octanol–water partition coefficient (Wildman–Crippen LogP) is 5.00. The number of carbonyl (C=O) groups is 1. The Morgan fingerprint density at radius 2 is 1.97 bits per heavy atom. The Bertz CT molecular complexity index is 1190. The number of hydrogen-bond acceptors (Lipinski definition) is 5. The molecule has 1 atom stereocenters. The van der Waals surface area contributed by atoms with Crippen molar-refractivity contribution in [2.45, 2.75) is 25.3 Å². The molecule has 0 saturated carbocycles. The number of pyridine rings is 1. The van der Waals surface area contributed by atoms with Gasteiger partial charge in [-0.05, 0) is 54.3 Å². The summed E-state index contributed by atoms with van der Waals surface area (Å²) >= 11 is 12.1. The first-order valence-electron chi connectivity index (χ1n) is 10.9. The third-order valence-corrected chi connectivity index (χ3v) is 6.71. The van der Waals surface area contributed by atoms with Gasteiger partial charge in [0.2, 0.25) is 0 Å². The minimum absolute atomic E-state index is 0.0233. The largest absolute Gasteiger partial charge is 0.489 e. The molecule has 1 amide bonds. The van der Waals surface area contributed by atoms with Crippen LogP contribution in [0.5, 0.6) is 5.75 Å². The van der Waals surface area contributed by atoms with Gasteiger partial charge >= 0.3 is 0 Å². The molecule has 6 nitrogen and oxygen atoms in total. The Balaban J connectivity index is 1.46. The van der Waals surface area contributed by atoms with Crippen LogP contribution in [0.25, 0.3) is 11.1 Å². The van der Waals surface area contributed by atoms with E-state index in [9.17, 15) is 14.3 Å². The highest BCUT2D eigenvalue weighted by atomic mass is 35.5. The molecule has 1 aromatic heterocycles. The number of nitrogens with two attached hydrogens (primary N) is 1. The predicted molar refractivity (Wildman–Crippen MR) is 131 cm³/mol. The van der Waals surface area contributed by atoms with Crippen LogP contribution in [-0.4, -0.2) is 46.7 Å². The third kappa shape index (κ3) is 5.12. The Kier molecular flexibility index (Phi) is 7.56. The Labute approximate surface area is 207 Å². The summed E-state index contributed by atoms with van der Waals surface area (Å²) in [7, 11) is 0. The van der Waals surface area contributed by atoms with Crippen molar-refractivity contribution in [2.24, 2.45) is 0 Å².